The summed E-state index contributed by atoms with van der Waals surface area (Å²) in [5.41, 5.74) is 6.07. The maximum absolute atomic E-state index is 11.3. The van der Waals surface area contributed by atoms with Crippen LogP contribution < -0.4 is 10.5 Å². The second kappa shape index (κ2) is 3.46. The monoisotopic (exact) mass is 255 g/mol. The van der Waals surface area contributed by atoms with E-state index in [0.29, 0.717) is 11.6 Å². The third-order valence-corrected chi connectivity index (χ3v) is 4.05. The zero-order chi connectivity index (χ0) is 12.0. The fraction of sp³-hybridized carbons (Fsp3) is 0.556. The van der Waals surface area contributed by atoms with E-state index in [0.717, 1.165) is 18.7 Å². The van der Waals surface area contributed by atoms with Crippen molar-refractivity contribution in [2.45, 2.75) is 31.6 Å². The highest BCUT2D eigenvalue weighted by atomic mass is 32.2. The van der Waals surface area contributed by atoms with Crippen molar-refractivity contribution >= 4 is 21.9 Å². The molecule has 0 saturated heterocycles. The zero-order valence-corrected chi connectivity index (χ0v) is 9.92. The van der Waals surface area contributed by atoms with Crippen molar-refractivity contribution < 1.29 is 8.42 Å². The molecule has 3 rings (SSSR count). The van der Waals surface area contributed by atoms with Crippen molar-refractivity contribution in [3.8, 4) is 0 Å². The standard InChI is InChI=1S/C9H13N5O2S/c10-7-6-9(14-17(15,16)13-7)12-8(11-6)5-3-1-2-4-5/h5,14H,1-4H2,(H2,10,13)(H,11,12). The Morgan fingerprint density at radius 3 is 2.71 bits per heavy atom. The van der Waals surface area contributed by atoms with Crippen LogP contribution in [0.5, 0.6) is 0 Å². The molecule has 1 aromatic rings. The van der Waals surface area contributed by atoms with E-state index in [9.17, 15) is 8.42 Å². The molecule has 8 heteroatoms. The number of H-pyrrole nitrogens is 1. The van der Waals surface area contributed by atoms with Crippen molar-refractivity contribution in [1.29, 1.82) is 0 Å². The number of rotatable bonds is 1. The largest absolute Gasteiger partial charge is 0.381 e. The Kier molecular flexibility index (Phi) is 2.15. The summed E-state index contributed by atoms with van der Waals surface area (Å²) >= 11 is 0. The molecule has 17 heavy (non-hydrogen) atoms. The van der Waals surface area contributed by atoms with Crippen LogP contribution in [-0.2, 0) is 10.2 Å². The van der Waals surface area contributed by atoms with Gasteiger partial charge in [-0.15, -0.1) is 4.40 Å². The van der Waals surface area contributed by atoms with Gasteiger partial charge in [0.25, 0.3) is 0 Å². The highest BCUT2D eigenvalue weighted by Crippen LogP contribution is 2.34. The summed E-state index contributed by atoms with van der Waals surface area (Å²) in [6, 6.07) is 0. The Balaban J connectivity index is 2.02. The van der Waals surface area contributed by atoms with Gasteiger partial charge in [-0.1, -0.05) is 12.8 Å². The summed E-state index contributed by atoms with van der Waals surface area (Å²) in [5, 5.41) is 0. The van der Waals surface area contributed by atoms with Crippen LogP contribution in [0.3, 0.4) is 0 Å². The van der Waals surface area contributed by atoms with Crippen LogP contribution in [0.1, 0.15) is 43.1 Å². The van der Waals surface area contributed by atoms with Crippen LogP contribution >= 0.6 is 0 Å². The van der Waals surface area contributed by atoms with Gasteiger partial charge in [0.15, 0.2) is 11.7 Å². The predicted molar refractivity (Wildman–Crippen MR) is 63.1 cm³/mol. The minimum atomic E-state index is -3.73. The molecule has 0 spiro atoms. The minimum Gasteiger partial charge on any atom is -0.381 e. The number of nitrogens with zero attached hydrogens (tertiary/aromatic N) is 2. The van der Waals surface area contributed by atoms with Crippen LogP contribution in [0.15, 0.2) is 4.40 Å². The molecule has 1 aliphatic carbocycles. The molecule has 0 atom stereocenters. The molecule has 1 fully saturated rings. The first kappa shape index (κ1) is 10.6. The lowest BCUT2D eigenvalue weighted by atomic mass is 10.1. The zero-order valence-electron chi connectivity index (χ0n) is 9.10. The molecule has 1 aromatic heterocycles. The van der Waals surface area contributed by atoms with Crippen molar-refractivity contribution in [1.82, 2.24) is 9.97 Å². The van der Waals surface area contributed by atoms with Crippen LogP contribution in [0.2, 0.25) is 0 Å². The van der Waals surface area contributed by atoms with Gasteiger partial charge in [-0.2, -0.15) is 8.42 Å². The van der Waals surface area contributed by atoms with Crippen LogP contribution in [0, 0.1) is 0 Å². The number of aromatic nitrogens is 2. The van der Waals surface area contributed by atoms with Crippen molar-refractivity contribution in [3.05, 3.63) is 11.5 Å². The third-order valence-electron chi connectivity index (χ3n) is 3.16. The van der Waals surface area contributed by atoms with E-state index >= 15 is 0 Å². The average Bonchev–Trinajstić information content (AvgIpc) is 2.81. The van der Waals surface area contributed by atoms with Gasteiger partial charge in [-0.3, -0.25) is 0 Å². The predicted octanol–water partition coefficient (Wildman–Crippen LogP) is 0.443. The molecule has 0 bridgehead atoms. The Hall–Kier alpha value is -1.57. The third kappa shape index (κ3) is 1.78. The Morgan fingerprint density at radius 1 is 1.29 bits per heavy atom. The first-order valence-electron chi connectivity index (χ1n) is 5.53. The number of hydrogen-bond acceptors (Lipinski definition) is 4. The smallest absolute Gasteiger partial charge is 0.345 e. The van der Waals surface area contributed by atoms with Gasteiger partial charge in [0.2, 0.25) is 0 Å². The summed E-state index contributed by atoms with van der Waals surface area (Å²) < 4.78 is 28.3. The number of nitrogens with two attached hydrogens (primary N) is 1. The number of hydrogen-bond donors (Lipinski definition) is 3. The summed E-state index contributed by atoms with van der Waals surface area (Å²) in [6.07, 6.45) is 4.53. The van der Waals surface area contributed by atoms with E-state index in [1.807, 2.05) is 0 Å². The highest BCUT2D eigenvalue weighted by Gasteiger charge is 2.28. The van der Waals surface area contributed by atoms with Crippen LogP contribution in [0.4, 0.5) is 5.82 Å². The fourth-order valence-electron chi connectivity index (χ4n) is 2.36. The quantitative estimate of drug-likeness (QED) is 0.675. The molecule has 0 aromatic carbocycles. The second-order valence-electron chi connectivity index (χ2n) is 4.38. The van der Waals surface area contributed by atoms with Gasteiger partial charge >= 0.3 is 10.2 Å². The number of nitrogens with one attached hydrogen (secondary N) is 2. The lowest BCUT2D eigenvalue weighted by Crippen LogP contribution is -2.26. The first-order valence-corrected chi connectivity index (χ1v) is 6.97. The molecular formula is C9H13N5O2S. The second-order valence-corrected chi connectivity index (χ2v) is 5.72. The molecule has 4 N–H and O–H groups in total. The van der Waals surface area contributed by atoms with Crippen LogP contribution in [-0.4, -0.2) is 24.2 Å². The summed E-state index contributed by atoms with van der Waals surface area (Å²) in [7, 11) is -3.73. The number of fused-ring (bicyclic) bond motifs is 1. The molecule has 7 nitrogen and oxygen atoms in total. The van der Waals surface area contributed by atoms with E-state index in [2.05, 4.69) is 19.1 Å². The van der Waals surface area contributed by atoms with E-state index in [1.165, 1.54) is 12.8 Å². The van der Waals surface area contributed by atoms with Gasteiger partial charge in [0.05, 0.1) is 0 Å². The number of aromatic amines is 1. The topological polar surface area (TPSA) is 113 Å². The molecule has 2 aliphatic rings. The number of amidine groups is 1. The SMILES string of the molecule is NC1=NS(=O)(=O)Nc2nc(C3CCCC3)[nH]c21. The van der Waals surface area contributed by atoms with Crippen molar-refractivity contribution in [3.63, 3.8) is 0 Å². The summed E-state index contributed by atoms with van der Waals surface area (Å²) in [4.78, 5) is 7.34. The maximum atomic E-state index is 11.3. The van der Waals surface area contributed by atoms with Gasteiger partial charge < -0.3 is 10.7 Å². The van der Waals surface area contributed by atoms with Crippen LogP contribution in [0.25, 0.3) is 0 Å². The normalized spacial score (nSPS) is 22.9. The molecule has 1 saturated carbocycles. The summed E-state index contributed by atoms with van der Waals surface area (Å²) in [5.74, 6) is 1.41. The Labute approximate surface area is 98.7 Å². The van der Waals surface area contributed by atoms with E-state index in [4.69, 9.17) is 5.73 Å². The first-order chi connectivity index (χ1) is 8.05. The molecule has 0 radical (unpaired) electrons. The Bertz CT molecular complexity index is 583. The van der Waals surface area contributed by atoms with Gasteiger partial charge in [-0.25, -0.2) is 9.71 Å². The average molecular weight is 255 g/mol. The molecule has 0 amide bonds. The lowest BCUT2D eigenvalue weighted by molar-refractivity contribution is 0.602. The molecular weight excluding hydrogens is 242 g/mol. The highest BCUT2D eigenvalue weighted by molar-refractivity contribution is 7.91. The lowest BCUT2D eigenvalue weighted by Gasteiger charge is -2.08. The van der Waals surface area contributed by atoms with E-state index in [1.54, 1.807) is 0 Å². The molecule has 92 valence electrons. The van der Waals surface area contributed by atoms with Gasteiger partial charge in [-0.05, 0) is 12.8 Å². The van der Waals surface area contributed by atoms with Crippen molar-refractivity contribution in [2.75, 3.05) is 4.72 Å². The van der Waals surface area contributed by atoms with Gasteiger partial charge in [0, 0.05) is 5.92 Å². The van der Waals surface area contributed by atoms with Gasteiger partial charge in [0.1, 0.15) is 11.5 Å². The summed E-state index contributed by atoms with van der Waals surface area (Å²) in [6.45, 7) is 0. The molecule has 2 heterocycles. The van der Waals surface area contributed by atoms with Crippen molar-refractivity contribution in [2.24, 2.45) is 10.1 Å². The molecule has 0 unspecified atom stereocenters. The van der Waals surface area contributed by atoms with E-state index in [-0.39, 0.29) is 11.7 Å². The fourth-order valence-corrected chi connectivity index (χ4v) is 3.15. The maximum Gasteiger partial charge on any atom is 0.345 e. The van der Waals surface area contributed by atoms with E-state index < -0.39 is 10.2 Å². The molecule has 1 aliphatic heterocycles. The Morgan fingerprint density at radius 2 is 2.00 bits per heavy atom. The number of anilines is 1. The minimum absolute atomic E-state index is 0.0319. The number of imidazole rings is 1.